The van der Waals surface area contributed by atoms with Gasteiger partial charge >= 0.3 is 11.9 Å². The molecule has 1 aromatic rings. The first kappa shape index (κ1) is 15.0. The summed E-state index contributed by atoms with van der Waals surface area (Å²) in [5, 5.41) is 21.0. The predicted octanol–water partition coefficient (Wildman–Crippen LogP) is 1.11. The second-order valence-electron chi connectivity index (χ2n) is 4.04. The number of carboxylic acids is 1. The van der Waals surface area contributed by atoms with Gasteiger partial charge in [0.1, 0.15) is 0 Å². The van der Waals surface area contributed by atoms with Crippen LogP contribution in [0.15, 0.2) is 24.3 Å². The summed E-state index contributed by atoms with van der Waals surface area (Å²) in [6.07, 6.45) is -0.594. The van der Waals surface area contributed by atoms with Crippen molar-refractivity contribution in [3.05, 3.63) is 29.8 Å². The molecule has 3 N–H and O–H groups in total. The monoisotopic (exact) mass is 267 g/mol. The van der Waals surface area contributed by atoms with Crippen molar-refractivity contribution in [2.75, 3.05) is 19.0 Å². The van der Waals surface area contributed by atoms with Crippen LogP contribution in [0, 0.1) is 0 Å². The lowest BCUT2D eigenvalue weighted by Gasteiger charge is -2.12. The summed E-state index contributed by atoms with van der Waals surface area (Å²) in [5.41, 5.74) is 1.18. The van der Waals surface area contributed by atoms with E-state index in [1.165, 1.54) is 7.11 Å². The second kappa shape index (κ2) is 7.38. The van der Waals surface area contributed by atoms with E-state index in [-0.39, 0.29) is 19.4 Å². The zero-order valence-corrected chi connectivity index (χ0v) is 10.6. The normalized spacial score (nSPS) is 11.7. The van der Waals surface area contributed by atoms with Crippen LogP contribution in [0.4, 0.5) is 5.69 Å². The highest BCUT2D eigenvalue weighted by Crippen LogP contribution is 2.11. The molecule has 0 bridgehead atoms. The van der Waals surface area contributed by atoms with Crippen LogP contribution in [0.25, 0.3) is 0 Å². The molecule has 0 aromatic heterocycles. The quantitative estimate of drug-likeness (QED) is 0.640. The van der Waals surface area contributed by atoms with Crippen LogP contribution in [-0.4, -0.2) is 41.9 Å². The van der Waals surface area contributed by atoms with Crippen molar-refractivity contribution in [1.82, 2.24) is 0 Å². The van der Waals surface area contributed by atoms with E-state index in [0.717, 1.165) is 5.69 Å². The number of benzene rings is 1. The Morgan fingerprint density at radius 2 is 1.95 bits per heavy atom. The average Bonchev–Trinajstić information content (AvgIpc) is 2.42. The molecule has 0 spiro atoms. The van der Waals surface area contributed by atoms with Crippen molar-refractivity contribution >= 4 is 17.6 Å². The molecule has 1 unspecified atom stereocenters. The number of aliphatic hydroxyl groups excluding tert-OH is 1. The number of hydrogen-bond acceptors (Lipinski definition) is 5. The summed E-state index contributed by atoms with van der Waals surface area (Å²) in [7, 11) is 1.31. The third-order valence-electron chi connectivity index (χ3n) is 2.54. The van der Waals surface area contributed by atoms with Gasteiger partial charge in [0.25, 0.3) is 0 Å². The lowest BCUT2D eigenvalue weighted by molar-refractivity contribution is -0.137. The topological polar surface area (TPSA) is 95.9 Å². The molecule has 0 fully saturated rings. The molecule has 0 heterocycles. The van der Waals surface area contributed by atoms with Crippen molar-refractivity contribution in [3.63, 3.8) is 0 Å². The van der Waals surface area contributed by atoms with Gasteiger partial charge in [-0.05, 0) is 30.7 Å². The van der Waals surface area contributed by atoms with Gasteiger partial charge < -0.3 is 20.3 Å². The van der Waals surface area contributed by atoms with Gasteiger partial charge in [-0.3, -0.25) is 4.79 Å². The van der Waals surface area contributed by atoms with E-state index in [4.69, 9.17) is 5.11 Å². The van der Waals surface area contributed by atoms with Gasteiger partial charge in [0.2, 0.25) is 0 Å². The molecule has 1 atom stereocenters. The lowest BCUT2D eigenvalue weighted by Crippen LogP contribution is -2.20. The van der Waals surface area contributed by atoms with Crippen LogP contribution < -0.4 is 5.32 Å². The van der Waals surface area contributed by atoms with E-state index in [0.29, 0.717) is 5.56 Å². The smallest absolute Gasteiger partial charge is 0.337 e. The minimum absolute atomic E-state index is 0.0654. The average molecular weight is 267 g/mol. The molecule has 1 rings (SSSR count). The van der Waals surface area contributed by atoms with Gasteiger partial charge in [-0.1, -0.05) is 0 Å². The Kier molecular flexibility index (Phi) is 5.81. The molecule has 0 amide bonds. The number of ether oxygens (including phenoxy) is 1. The first-order valence-electron chi connectivity index (χ1n) is 5.85. The van der Waals surface area contributed by atoms with Crippen LogP contribution in [0.3, 0.4) is 0 Å². The van der Waals surface area contributed by atoms with Gasteiger partial charge in [0.05, 0.1) is 18.8 Å². The highest BCUT2D eigenvalue weighted by molar-refractivity contribution is 5.89. The fourth-order valence-corrected chi connectivity index (χ4v) is 1.47. The van der Waals surface area contributed by atoms with Gasteiger partial charge in [-0.15, -0.1) is 0 Å². The highest BCUT2D eigenvalue weighted by Gasteiger charge is 2.08. The van der Waals surface area contributed by atoms with Crippen molar-refractivity contribution in [3.8, 4) is 0 Å². The maximum absolute atomic E-state index is 11.2. The van der Waals surface area contributed by atoms with Crippen molar-refractivity contribution in [2.24, 2.45) is 0 Å². The van der Waals surface area contributed by atoms with Gasteiger partial charge in [-0.2, -0.15) is 0 Å². The number of nitrogens with one attached hydrogen (secondary N) is 1. The molecule has 104 valence electrons. The molecule has 0 radical (unpaired) electrons. The van der Waals surface area contributed by atoms with Gasteiger partial charge in [-0.25, -0.2) is 4.79 Å². The van der Waals surface area contributed by atoms with E-state index in [1.807, 2.05) is 0 Å². The Morgan fingerprint density at radius 1 is 1.32 bits per heavy atom. The Morgan fingerprint density at radius 3 is 2.47 bits per heavy atom. The Balaban J connectivity index is 2.41. The molecule has 0 saturated heterocycles. The van der Waals surface area contributed by atoms with Crippen LogP contribution in [-0.2, 0) is 9.53 Å². The Hall–Kier alpha value is -2.08. The third-order valence-corrected chi connectivity index (χ3v) is 2.54. The summed E-state index contributed by atoms with van der Waals surface area (Å²) < 4.78 is 4.57. The third kappa shape index (κ3) is 5.39. The van der Waals surface area contributed by atoms with Crippen molar-refractivity contribution in [1.29, 1.82) is 0 Å². The fraction of sp³-hybridized carbons (Fsp3) is 0.385. The van der Waals surface area contributed by atoms with E-state index >= 15 is 0 Å². The molecule has 0 aliphatic carbocycles. The maximum Gasteiger partial charge on any atom is 0.337 e. The van der Waals surface area contributed by atoms with E-state index in [1.54, 1.807) is 24.3 Å². The molecule has 6 nitrogen and oxygen atoms in total. The Labute approximate surface area is 111 Å². The first-order chi connectivity index (χ1) is 9.02. The number of hydrogen-bond donors (Lipinski definition) is 3. The molecule has 0 saturated carbocycles. The molecule has 1 aromatic carbocycles. The Bertz CT molecular complexity index is 429. The number of carbonyl (C=O) groups is 2. The zero-order valence-electron chi connectivity index (χ0n) is 10.6. The van der Waals surface area contributed by atoms with Crippen LogP contribution in [0.1, 0.15) is 23.2 Å². The summed E-state index contributed by atoms with van der Waals surface area (Å²) >= 11 is 0. The maximum atomic E-state index is 11.2. The second-order valence-corrected chi connectivity index (χ2v) is 4.04. The predicted molar refractivity (Wildman–Crippen MR) is 69.1 cm³/mol. The van der Waals surface area contributed by atoms with Crippen LogP contribution in [0.5, 0.6) is 0 Å². The van der Waals surface area contributed by atoms with E-state index in [2.05, 4.69) is 10.1 Å². The van der Waals surface area contributed by atoms with E-state index in [9.17, 15) is 14.7 Å². The fourth-order valence-electron chi connectivity index (χ4n) is 1.47. The number of esters is 1. The molecule has 0 aliphatic rings. The number of carbonyl (C=O) groups excluding carboxylic acids is 1. The highest BCUT2D eigenvalue weighted by atomic mass is 16.5. The zero-order chi connectivity index (χ0) is 14.3. The van der Waals surface area contributed by atoms with Crippen LogP contribution in [0.2, 0.25) is 0 Å². The minimum atomic E-state index is -0.929. The largest absolute Gasteiger partial charge is 0.481 e. The number of rotatable bonds is 7. The molecular formula is C13H17NO5. The SMILES string of the molecule is COC(=O)c1ccc(NCC(O)CCC(=O)O)cc1. The summed E-state index contributed by atoms with van der Waals surface area (Å²) in [4.78, 5) is 21.5. The minimum Gasteiger partial charge on any atom is -0.481 e. The lowest BCUT2D eigenvalue weighted by atomic mass is 10.2. The molecule has 19 heavy (non-hydrogen) atoms. The number of methoxy groups -OCH3 is 1. The van der Waals surface area contributed by atoms with Gasteiger partial charge in [0, 0.05) is 18.7 Å². The summed E-state index contributed by atoms with van der Waals surface area (Å²) in [5.74, 6) is -1.34. The van der Waals surface area contributed by atoms with Crippen LogP contribution >= 0.6 is 0 Å². The summed E-state index contributed by atoms with van der Waals surface area (Å²) in [6.45, 7) is 0.255. The number of aliphatic hydroxyl groups is 1. The standard InChI is InChI=1S/C13H17NO5/c1-19-13(18)9-2-4-10(5-3-9)14-8-11(15)6-7-12(16)17/h2-5,11,14-15H,6-8H2,1H3,(H,16,17). The first-order valence-corrected chi connectivity index (χ1v) is 5.85. The van der Waals surface area contributed by atoms with E-state index < -0.39 is 18.0 Å². The molecule has 0 aliphatic heterocycles. The molecular weight excluding hydrogens is 250 g/mol. The number of carboxylic acid groups (broad SMARTS) is 1. The molecule has 6 heteroatoms. The van der Waals surface area contributed by atoms with Crippen molar-refractivity contribution < 1.29 is 24.5 Å². The van der Waals surface area contributed by atoms with Gasteiger partial charge in [0.15, 0.2) is 0 Å². The summed E-state index contributed by atoms with van der Waals surface area (Å²) in [6, 6.07) is 6.60. The number of anilines is 1. The van der Waals surface area contributed by atoms with Crippen molar-refractivity contribution in [2.45, 2.75) is 18.9 Å². The number of aliphatic carboxylic acids is 1.